The van der Waals surface area contributed by atoms with Gasteiger partial charge in [-0.15, -0.1) is 0 Å². The number of aromatic nitrogens is 1. The normalized spacial score (nSPS) is 23.5. The summed E-state index contributed by atoms with van der Waals surface area (Å²) in [5, 5.41) is 3.75. The number of hydrogen-bond acceptors (Lipinski definition) is 3. The van der Waals surface area contributed by atoms with E-state index in [1.54, 1.807) is 0 Å². The maximum Gasteiger partial charge on any atom is 0.0315 e. The molecule has 19 heavy (non-hydrogen) atoms. The fraction of sp³-hybridized carbons (Fsp3) is 0.688. The molecule has 0 spiro atoms. The first kappa shape index (κ1) is 14.5. The van der Waals surface area contributed by atoms with Gasteiger partial charge in [-0.05, 0) is 43.9 Å². The lowest BCUT2D eigenvalue weighted by atomic mass is 9.88. The molecule has 3 nitrogen and oxygen atoms in total. The zero-order valence-electron chi connectivity index (χ0n) is 12.7. The maximum absolute atomic E-state index is 4.27. The number of pyridine rings is 1. The van der Waals surface area contributed by atoms with Gasteiger partial charge in [0.25, 0.3) is 0 Å². The van der Waals surface area contributed by atoms with Crippen molar-refractivity contribution >= 4 is 0 Å². The molecule has 0 bridgehead atoms. The standard InChI is InChI=1S/C16H27N3/c1-5-16(6-2)12-19(14(4)9-18-16)11-15-10-17-8-7-13(15)3/h7-8,10,14,18H,5-6,9,11-12H2,1-4H3. The number of hydrogen-bond donors (Lipinski definition) is 1. The minimum Gasteiger partial charge on any atom is -0.308 e. The summed E-state index contributed by atoms with van der Waals surface area (Å²) in [4.78, 5) is 6.88. The van der Waals surface area contributed by atoms with E-state index >= 15 is 0 Å². The largest absolute Gasteiger partial charge is 0.308 e. The van der Waals surface area contributed by atoms with Crippen LogP contribution in [0.1, 0.15) is 44.7 Å². The fourth-order valence-electron chi connectivity index (χ4n) is 2.91. The summed E-state index contributed by atoms with van der Waals surface area (Å²) < 4.78 is 0. The van der Waals surface area contributed by atoms with Gasteiger partial charge in [-0.1, -0.05) is 13.8 Å². The first-order chi connectivity index (χ1) is 9.10. The molecular formula is C16H27N3. The first-order valence-corrected chi connectivity index (χ1v) is 7.49. The quantitative estimate of drug-likeness (QED) is 0.903. The lowest BCUT2D eigenvalue weighted by Crippen LogP contribution is -2.62. The zero-order valence-corrected chi connectivity index (χ0v) is 12.7. The Morgan fingerprint density at radius 1 is 1.42 bits per heavy atom. The molecule has 0 aliphatic carbocycles. The van der Waals surface area contributed by atoms with Crippen LogP contribution in [-0.2, 0) is 6.54 Å². The van der Waals surface area contributed by atoms with Crippen molar-refractivity contribution in [3.8, 4) is 0 Å². The average molecular weight is 261 g/mol. The summed E-state index contributed by atoms with van der Waals surface area (Å²) in [5.41, 5.74) is 3.00. The Bertz CT molecular complexity index is 412. The predicted molar refractivity (Wildman–Crippen MR) is 80.2 cm³/mol. The molecule has 1 aromatic rings. The van der Waals surface area contributed by atoms with Crippen LogP contribution >= 0.6 is 0 Å². The Morgan fingerprint density at radius 3 is 2.79 bits per heavy atom. The number of nitrogens with zero attached hydrogens (tertiary/aromatic N) is 2. The molecule has 0 aromatic carbocycles. The van der Waals surface area contributed by atoms with Crippen molar-refractivity contribution in [3.63, 3.8) is 0 Å². The van der Waals surface area contributed by atoms with E-state index in [0.717, 1.165) is 19.6 Å². The molecule has 2 heterocycles. The van der Waals surface area contributed by atoms with Gasteiger partial charge in [0.05, 0.1) is 0 Å². The Balaban J connectivity index is 2.12. The van der Waals surface area contributed by atoms with Crippen molar-refractivity contribution in [2.75, 3.05) is 13.1 Å². The molecule has 1 N–H and O–H groups in total. The van der Waals surface area contributed by atoms with Crippen LogP contribution in [0, 0.1) is 6.92 Å². The van der Waals surface area contributed by atoms with E-state index in [2.05, 4.69) is 49.0 Å². The van der Waals surface area contributed by atoms with Gasteiger partial charge in [0.1, 0.15) is 0 Å². The van der Waals surface area contributed by atoms with E-state index in [4.69, 9.17) is 0 Å². The minimum atomic E-state index is 0.294. The Labute approximate surface area is 117 Å². The van der Waals surface area contributed by atoms with E-state index in [9.17, 15) is 0 Å². The van der Waals surface area contributed by atoms with Gasteiger partial charge < -0.3 is 5.32 Å². The van der Waals surface area contributed by atoms with Gasteiger partial charge in [0.15, 0.2) is 0 Å². The predicted octanol–water partition coefficient (Wildman–Crippen LogP) is 2.74. The van der Waals surface area contributed by atoms with Crippen LogP contribution in [-0.4, -0.2) is 34.6 Å². The summed E-state index contributed by atoms with van der Waals surface area (Å²) in [7, 11) is 0. The average Bonchev–Trinajstić information content (AvgIpc) is 2.44. The molecule has 1 aliphatic rings. The fourth-order valence-corrected chi connectivity index (χ4v) is 2.91. The molecular weight excluding hydrogens is 234 g/mol. The Kier molecular flexibility index (Phi) is 4.58. The second-order valence-corrected chi connectivity index (χ2v) is 5.92. The third-order valence-electron chi connectivity index (χ3n) is 4.78. The highest BCUT2D eigenvalue weighted by molar-refractivity contribution is 5.21. The molecule has 0 radical (unpaired) electrons. The van der Waals surface area contributed by atoms with Crippen LogP contribution in [0.2, 0.25) is 0 Å². The summed E-state index contributed by atoms with van der Waals surface area (Å²) in [6.45, 7) is 12.3. The molecule has 1 aromatic heterocycles. The molecule has 1 aliphatic heterocycles. The highest BCUT2D eigenvalue weighted by Crippen LogP contribution is 2.24. The van der Waals surface area contributed by atoms with Crippen molar-refractivity contribution in [3.05, 3.63) is 29.6 Å². The van der Waals surface area contributed by atoms with Gasteiger partial charge in [-0.2, -0.15) is 0 Å². The topological polar surface area (TPSA) is 28.2 Å². The van der Waals surface area contributed by atoms with Gasteiger partial charge in [0.2, 0.25) is 0 Å². The second kappa shape index (κ2) is 6.02. The zero-order chi connectivity index (χ0) is 13.9. The van der Waals surface area contributed by atoms with E-state index in [1.807, 2.05) is 12.4 Å². The smallest absolute Gasteiger partial charge is 0.0315 e. The van der Waals surface area contributed by atoms with Crippen molar-refractivity contribution in [1.82, 2.24) is 15.2 Å². The van der Waals surface area contributed by atoms with E-state index in [1.165, 1.54) is 24.0 Å². The van der Waals surface area contributed by atoms with Gasteiger partial charge in [-0.25, -0.2) is 0 Å². The number of nitrogens with one attached hydrogen (secondary N) is 1. The summed E-state index contributed by atoms with van der Waals surface area (Å²) in [5.74, 6) is 0. The number of aryl methyl sites for hydroxylation is 1. The van der Waals surface area contributed by atoms with Crippen molar-refractivity contribution in [2.45, 2.75) is 58.7 Å². The Hall–Kier alpha value is -0.930. The van der Waals surface area contributed by atoms with Crippen LogP contribution in [0.5, 0.6) is 0 Å². The van der Waals surface area contributed by atoms with Gasteiger partial charge in [0, 0.05) is 43.6 Å². The third-order valence-corrected chi connectivity index (χ3v) is 4.78. The highest BCUT2D eigenvalue weighted by Gasteiger charge is 2.34. The van der Waals surface area contributed by atoms with Crippen LogP contribution < -0.4 is 5.32 Å². The third kappa shape index (κ3) is 3.15. The summed E-state index contributed by atoms with van der Waals surface area (Å²) >= 11 is 0. The lowest BCUT2D eigenvalue weighted by Gasteiger charge is -2.46. The molecule has 0 amide bonds. The van der Waals surface area contributed by atoms with Crippen molar-refractivity contribution < 1.29 is 0 Å². The monoisotopic (exact) mass is 261 g/mol. The maximum atomic E-state index is 4.27. The highest BCUT2D eigenvalue weighted by atomic mass is 15.2. The van der Waals surface area contributed by atoms with Crippen molar-refractivity contribution in [1.29, 1.82) is 0 Å². The minimum absolute atomic E-state index is 0.294. The molecule has 0 saturated carbocycles. The van der Waals surface area contributed by atoms with E-state index < -0.39 is 0 Å². The molecule has 2 rings (SSSR count). The molecule has 1 saturated heterocycles. The van der Waals surface area contributed by atoms with Crippen LogP contribution in [0.3, 0.4) is 0 Å². The second-order valence-electron chi connectivity index (χ2n) is 5.92. The number of rotatable bonds is 4. The van der Waals surface area contributed by atoms with E-state index in [-0.39, 0.29) is 0 Å². The van der Waals surface area contributed by atoms with Crippen LogP contribution in [0.25, 0.3) is 0 Å². The van der Waals surface area contributed by atoms with Gasteiger partial charge >= 0.3 is 0 Å². The molecule has 1 atom stereocenters. The van der Waals surface area contributed by atoms with Gasteiger partial charge in [-0.3, -0.25) is 9.88 Å². The molecule has 3 heteroatoms. The van der Waals surface area contributed by atoms with E-state index in [0.29, 0.717) is 11.6 Å². The molecule has 1 unspecified atom stereocenters. The van der Waals surface area contributed by atoms with Crippen molar-refractivity contribution in [2.24, 2.45) is 0 Å². The summed E-state index contributed by atoms with van der Waals surface area (Å²) in [6, 6.07) is 2.69. The Morgan fingerprint density at radius 2 is 2.16 bits per heavy atom. The van der Waals surface area contributed by atoms with Crippen LogP contribution in [0.4, 0.5) is 0 Å². The lowest BCUT2D eigenvalue weighted by molar-refractivity contribution is 0.0743. The SMILES string of the molecule is CCC1(CC)CN(Cc2cnccc2C)C(C)CN1. The van der Waals surface area contributed by atoms with Crippen LogP contribution in [0.15, 0.2) is 18.5 Å². The molecule has 1 fully saturated rings. The first-order valence-electron chi connectivity index (χ1n) is 7.49. The number of piperazine rings is 1. The summed E-state index contributed by atoms with van der Waals surface area (Å²) in [6.07, 6.45) is 6.28. The molecule has 106 valence electrons.